The number of hydrogen-bond donors (Lipinski definition) is 1. The fraction of sp³-hybridized carbons (Fsp3) is 0.429. The predicted octanol–water partition coefficient (Wildman–Crippen LogP) is 3.15. The van der Waals surface area contributed by atoms with Crippen LogP contribution in [0.15, 0.2) is 29.2 Å². The zero-order valence-corrected chi connectivity index (χ0v) is 12.9. The van der Waals surface area contributed by atoms with E-state index in [1.807, 2.05) is 31.2 Å². The van der Waals surface area contributed by atoms with Crippen molar-refractivity contribution in [2.45, 2.75) is 24.7 Å². The van der Waals surface area contributed by atoms with Crippen molar-refractivity contribution in [2.24, 2.45) is 0 Å². The predicted molar refractivity (Wildman–Crippen MR) is 81.3 cm³/mol. The van der Waals surface area contributed by atoms with Crippen LogP contribution in [-0.4, -0.2) is 40.7 Å². The van der Waals surface area contributed by atoms with Crippen molar-refractivity contribution in [3.8, 4) is 0 Å². The molecule has 1 amide bonds. The molecule has 0 aliphatic rings. The molecule has 0 aliphatic carbocycles. The normalized spacial score (nSPS) is 10.3. The van der Waals surface area contributed by atoms with Crippen molar-refractivity contribution in [2.75, 3.05) is 18.8 Å². The van der Waals surface area contributed by atoms with E-state index in [0.717, 1.165) is 4.90 Å². The highest BCUT2D eigenvalue weighted by molar-refractivity contribution is 7.99. The van der Waals surface area contributed by atoms with Gasteiger partial charge in [0.05, 0.1) is 11.4 Å². The summed E-state index contributed by atoms with van der Waals surface area (Å²) < 4.78 is 0. The maximum atomic E-state index is 11.9. The first-order valence-corrected chi connectivity index (χ1v) is 7.77. The van der Waals surface area contributed by atoms with E-state index in [2.05, 4.69) is 0 Å². The summed E-state index contributed by atoms with van der Waals surface area (Å²) in [6.45, 7) is 2.64. The molecule has 0 saturated heterocycles. The van der Waals surface area contributed by atoms with Crippen molar-refractivity contribution in [3.63, 3.8) is 0 Å². The molecule has 0 atom stereocenters. The van der Waals surface area contributed by atoms with Crippen molar-refractivity contribution >= 4 is 35.2 Å². The average Bonchev–Trinajstić information content (AvgIpc) is 2.41. The van der Waals surface area contributed by atoms with Gasteiger partial charge in [0.25, 0.3) is 0 Å². The summed E-state index contributed by atoms with van der Waals surface area (Å²) in [5.74, 6) is -0.276. The second-order valence-electron chi connectivity index (χ2n) is 4.15. The average molecular weight is 316 g/mol. The molecular formula is C14H18ClNO3S. The molecule has 0 aliphatic heterocycles. The third-order valence-corrected chi connectivity index (χ3v) is 4.26. The van der Waals surface area contributed by atoms with Gasteiger partial charge in [0.2, 0.25) is 5.91 Å². The molecule has 0 fully saturated rings. The number of carboxylic acid groups (broad SMARTS) is 1. The van der Waals surface area contributed by atoms with Crippen LogP contribution in [0.3, 0.4) is 0 Å². The molecule has 0 radical (unpaired) electrons. The van der Waals surface area contributed by atoms with Crippen LogP contribution >= 0.6 is 23.4 Å². The van der Waals surface area contributed by atoms with Crippen molar-refractivity contribution in [3.05, 3.63) is 29.3 Å². The lowest BCUT2D eigenvalue weighted by atomic mass is 10.3. The molecule has 0 spiro atoms. The minimum absolute atomic E-state index is 0.0166. The SMILES string of the molecule is CCN(CCC(=O)O)C(=O)CCSc1ccccc1Cl. The number of halogens is 1. The summed E-state index contributed by atoms with van der Waals surface area (Å²) >= 11 is 7.56. The molecule has 20 heavy (non-hydrogen) atoms. The summed E-state index contributed by atoms with van der Waals surface area (Å²) in [5, 5.41) is 9.32. The first-order valence-electron chi connectivity index (χ1n) is 6.41. The number of nitrogens with zero attached hydrogens (tertiary/aromatic N) is 1. The van der Waals surface area contributed by atoms with Crippen LogP contribution in [-0.2, 0) is 9.59 Å². The van der Waals surface area contributed by atoms with E-state index in [-0.39, 0.29) is 18.9 Å². The van der Waals surface area contributed by atoms with E-state index >= 15 is 0 Å². The lowest BCUT2D eigenvalue weighted by Crippen LogP contribution is -2.33. The third kappa shape index (κ3) is 5.84. The van der Waals surface area contributed by atoms with E-state index in [1.165, 1.54) is 11.8 Å². The van der Waals surface area contributed by atoms with E-state index < -0.39 is 5.97 Å². The zero-order valence-electron chi connectivity index (χ0n) is 11.3. The van der Waals surface area contributed by atoms with Crippen LogP contribution in [0.4, 0.5) is 0 Å². The van der Waals surface area contributed by atoms with Crippen LogP contribution in [0.1, 0.15) is 19.8 Å². The standard InChI is InChI=1S/C14H18ClNO3S/c1-2-16(9-7-14(18)19)13(17)8-10-20-12-6-4-3-5-11(12)15/h3-6H,2,7-10H2,1H3,(H,18,19). The lowest BCUT2D eigenvalue weighted by molar-refractivity contribution is -0.138. The molecule has 1 N–H and O–H groups in total. The second-order valence-corrected chi connectivity index (χ2v) is 5.69. The van der Waals surface area contributed by atoms with E-state index in [9.17, 15) is 9.59 Å². The second kappa shape index (κ2) is 8.87. The molecule has 6 heteroatoms. The number of carbonyl (C=O) groups excluding carboxylic acids is 1. The highest BCUT2D eigenvalue weighted by Gasteiger charge is 2.13. The molecule has 1 aromatic rings. The monoisotopic (exact) mass is 315 g/mol. The van der Waals surface area contributed by atoms with Crippen LogP contribution in [0.25, 0.3) is 0 Å². The molecular weight excluding hydrogens is 298 g/mol. The minimum atomic E-state index is -0.887. The van der Waals surface area contributed by atoms with Crippen LogP contribution in [0.5, 0.6) is 0 Å². The lowest BCUT2D eigenvalue weighted by Gasteiger charge is -2.19. The molecule has 0 saturated carbocycles. The maximum absolute atomic E-state index is 11.9. The van der Waals surface area contributed by atoms with E-state index in [0.29, 0.717) is 23.7 Å². The minimum Gasteiger partial charge on any atom is -0.481 e. The first kappa shape index (κ1) is 16.9. The van der Waals surface area contributed by atoms with Gasteiger partial charge in [0, 0.05) is 30.2 Å². The van der Waals surface area contributed by atoms with Crippen LogP contribution in [0, 0.1) is 0 Å². The number of benzene rings is 1. The topological polar surface area (TPSA) is 57.6 Å². The van der Waals surface area contributed by atoms with Crippen molar-refractivity contribution in [1.29, 1.82) is 0 Å². The van der Waals surface area contributed by atoms with Gasteiger partial charge in [-0.2, -0.15) is 0 Å². The Morgan fingerprint density at radius 3 is 2.60 bits per heavy atom. The smallest absolute Gasteiger partial charge is 0.305 e. The maximum Gasteiger partial charge on any atom is 0.305 e. The Kier molecular flexibility index (Phi) is 7.47. The Labute approximate surface area is 128 Å². The molecule has 0 heterocycles. The van der Waals surface area contributed by atoms with Gasteiger partial charge in [0.1, 0.15) is 0 Å². The number of amides is 1. The Hall–Kier alpha value is -1.20. The van der Waals surface area contributed by atoms with Gasteiger partial charge in [-0.25, -0.2) is 0 Å². The van der Waals surface area contributed by atoms with Gasteiger partial charge < -0.3 is 10.0 Å². The number of hydrogen-bond acceptors (Lipinski definition) is 3. The number of carbonyl (C=O) groups is 2. The number of thioether (sulfide) groups is 1. The molecule has 0 unspecified atom stereocenters. The molecule has 4 nitrogen and oxygen atoms in total. The zero-order chi connectivity index (χ0) is 15.0. The molecule has 110 valence electrons. The van der Waals surface area contributed by atoms with Crippen LogP contribution < -0.4 is 0 Å². The summed E-state index contributed by atoms with van der Waals surface area (Å²) in [5.41, 5.74) is 0. The van der Waals surface area contributed by atoms with E-state index in [1.54, 1.807) is 4.90 Å². The number of carboxylic acids is 1. The fourth-order valence-corrected chi connectivity index (χ4v) is 2.83. The van der Waals surface area contributed by atoms with Crippen LogP contribution in [0.2, 0.25) is 5.02 Å². The Morgan fingerprint density at radius 2 is 2.00 bits per heavy atom. The Bertz CT molecular complexity index is 467. The highest BCUT2D eigenvalue weighted by Crippen LogP contribution is 2.27. The van der Waals surface area contributed by atoms with E-state index in [4.69, 9.17) is 16.7 Å². The summed E-state index contributed by atoms with van der Waals surface area (Å²) in [7, 11) is 0. The van der Waals surface area contributed by atoms with Gasteiger partial charge in [-0.05, 0) is 19.1 Å². The quantitative estimate of drug-likeness (QED) is 0.749. The summed E-state index contributed by atoms with van der Waals surface area (Å²) in [6.07, 6.45) is 0.362. The molecule has 0 aromatic heterocycles. The fourth-order valence-electron chi connectivity index (χ4n) is 1.66. The number of aliphatic carboxylic acids is 1. The third-order valence-electron chi connectivity index (χ3n) is 2.74. The molecule has 0 bridgehead atoms. The Morgan fingerprint density at radius 1 is 1.30 bits per heavy atom. The summed E-state index contributed by atoms with van der Waals surface area (Å²) in [4.78, 5) is 25.0. The van der Waals surface area contributed by atoms with Gasteiger partial charge in [0.15, 0.2) is 0 Å². The van der Waals surface area contributed by atoms with Crippen molar-refractivity contribution in [1.82, 2.24) is 4.90 Å². The molecule has 1 aromatic carbocycles. The van der Waals surface area contributed by atoms with Gasteiger partial charge in [-0.1, -0.05) is 23.7 Å². The van der Waals surface area contributed by atoms with Gasteiger partial charge in [-0.15, -0.1) is 11.8 Å². The molecule has 1 rings (SSSR count). The largest absolute Gasteiger partial charge is 0.481 e. The highest BCUT2D eigenvalue weighted by atomic mass is 35.5. The van der Waals surface area contributed by atoms with Gasteiger partial charge in [-0.3, -0.25) is 9.59 Å². The first-order chi connectivity index (χ1) is 9.54. The Balaban J connectivity index is 2.38. The van der Waals surface area contributed by atoms with Crippen molar-refractivity contribution < 1.29 is 14.7 Å². The number of rotatable bonds is 8. The summed E-state index contributed by atoms with van der Waals surface area (Å²) in [6, 6.07) is 7.50. The van der Waals surface area contributed by atoms with Gasteiger partial charge >= 0.3 is 5.97 Å².